The molecule has 192 valence electrons. The van der Waals surface area contributed by atoms with Gasteiger partial charge in [0.05, 0.1) is 25.5 Å². The summed E-state index contributed by atoms with van der Waals surface area (Å²) in [5.41, 5.74) is -0.853. The molecule has 0 radical (unpaired) electrons. The molecule has 2 heterocycles. The van der Waals surface area contributed by atoms with Crippen LogP contribution in [0.5, 0.6) is 0 Å². The molecule has 0 bridgehead atoms. The van der Waals surface area contributed by atoms with Crippen LogP contribution in [0.3, 0.4) is 0 Å². The maximum Gasteiger partial charge on any atom is 0.406 e. The van der Waals surface area contributed by atoms with Crippen LogP contribution >= 0.6 is 7.75 Å². The molecule has 13 heteroatoms. The highest BCUT2D eigenvalue weighted by molar-refractivity contribution is 7.51. The number of nitrogens with zero attached hydrogens (tertiary/aromatic N) is 1. The number of hydrogen-bond donors (Lipinski definition) is 3. The molecule has 1 fully saturated rings. The van der Waals surface area contributed by atoms with Crippen LogP contribution < -0.4 is 16.3 Å². The quantitative estimate of drug-likeness (QED) is 0.346. The summed E-state index contributed by atoms with van der Waals surface area (Å²) >= 11 is 0. The van der Waals surface area contributed by atoms with E-state index in [1.54, 1.807) is 30.3 Å². The molecule has 0 aliphatic carbocycles. The van der Waals surface area contributed by atoms with Crippen LogP contribution in [0, 0.1) is 11.6 Å². The number of nitrogens with one attached hydrogen (secondary N) is 2. The van der Waals surface area contributed by atoms with Crippen molar-refractivity contribution in [3.63, 3.8) is 0 Å². The number of aromatic amines is 1. The normalized spacial score (nSPS) is 21.4. The molecule has 1 saturated heterocycles. The molecule has 1 aromatic heterocycles. The summed E-state index contributed by atoms with van der Waals surface area (Å²) in [5, 5.41) is 13.1. The van der Waals surface area contributed by atoms with Gasteiger partial charge in [0.1, 0.15) is 18.1 Å². The van der Waals surface area contributed by atoms with E-state index in [4.69, 9.17) is 13.8 Å². The number of hydrogen-bond acceptors (Lipinski definition) is 7. The number of benzene rings is 2. The van der Waals surface area contributed by atoms with Crippen molar-refractivity contribution < 1.29 is 32.2 Å². The van der Waals surface area contributed by atoms with E-state index in [1.807, 2.05) is 11.1 Å². The molecule has 4 rings (SSSR count). The number of halogens is 2. The lowest BCUT2D eigenvalue weighted by Gasteiger charge is -2.22. The third kappa shape index (κ3) is 6.61. The number of H-pyrrole nitrogens is 1. The third-order valence-electron chi connectivity index (χ3n) is 5.46. The zero-order chi connectivity index (χ0) is 25.7. The summed E-state index contributed by atoms with van der Waals surface area (Å²) in [4.78, 5) is 25.1. The van der Waals surface area contributed by atoms with Crippen molar-refractivity contribution in [1.29, 1.82) is 0 Å². The maximum absolute atomic E-state index is 13.7. The Hall–Kier alpha value is -2.99. The molecule has 0 amide bonds. The molecule has 10 nitrogen and oxygen atoms in total. The van der Waals surface area contributed by atoms with Crippen LogP contribution in [0.2, 0.25) is 0 Å². The fourth-order valence-electron chi connectivity index (χ4n) is 3.58. The lowest BCUT2D eigenvalue weighted by atomic mass is 10.2. The summed E-state index contributed by atoms with van der Waals surface area (Å²) in [7, 11) is -4.00. The van der Waals surface area contributed by atoms with Crippen LogP contribution in [0.25, 0.3) is 0 Å². The molecular weight excluding hydrogens is 499 g/mol. The first-order chi connectivity index (χ1) is 17.2. The van der Waals surface area contributed by atoms with E-state index in [0.717, 1.165) is 10.1 Å². The van der Waals surface area contributed by atoms with Crippen LogP contribution in [0.1, 0.15) is 23.8 Å². The summed E-state index contributed by atoms with van der Waals surface area (Å²) in [6, 6.07) is 14.6. The molecule has 1 aliphatic rings. The molecule has 0 spiro atoms. The average Bonchev–Trinajstić information content (AvgIpc) is 3.23. The van der Waals surface area contributed by atoms with Gasteiger partial charge in [0, 0.05) is 13.0 Å². The Kier molecular flexibility index (Phi) is 8.24. The van der Waals surface area contributed by atoms with Gasteiger partial charge in [0.25, 0.3) is 5.56 Å². The van der Waals surface area contributed by atoms with Crippen LogP contribution in [0.4, 0.5) is 8.78 Å². The fourth-order valence-corrected chi connectivity index (χ4v) is 4.88. The lowest BCUT2D eigenvalue weighted by molar-refractivity contribution is -0.0442. The summed E-state index contributed by atoms with van der Waals surface area (Å²) in [6.45, 7) is -0.496. The average molecular weight is 523 g/mol. The minimum Gasteiger partial charge on any atom is -0.390 e. The van der Waals surface area contributed by atoms with Crippen molar-refractivity contribution in [3.05, 3.63) is 104 Å². The van der Waals surface area contributed by atoms with Crippen molar-refractivity contribution in [2.45, 2.75) is 38.0 Å². The second-order valence-electron chi connectivity index (χ2n) is 8.09. The Morgan fingerprint density at radius 2 is 1.86 bits per heavy atom. The van der Waals surface area contributed by atoms with Gasteiger partial charge >= 0.3 is 13.4 Å². The molecule has 1 unspecified atom stereocenters. The van der Waals surface area contributed by atoms with Crippen molar-refractivity contribution in [3.8, 4) is 0 Å². The van der Waals surface area contributed by atoms with Crippen LogP contribution in [-0.4, -0.2) is 33.5 Å². The van der Waals surface area contributed by atoms with Crippen LogP contribution in [0.15, 0.2) is 70.4 Å². The standard InChI is InChI=1S/C23H24F2N3O7P/c24-17-8-4-7-16(9-17)13-33-36(32,26-11-15-5-2-1-3-6-15)34-14-20-19(29)10-21(35-20)28-12-18(25)22(30)27-23(28)31/h1-9,12,19-21,29H,10-11,13-14H2,(H,26,32)(H,27,30,31)/t19-,20+,21+,36?/m0/s1. The van der Waals surface area contributed by atoms with Gasteiger partial charge in [0.2, 0.25) is 5.82 Å². The number of aliphatic hydroxyl groups is 1. The SMILES string of the molecule is O=c1[nH]c(=O)n([C@H]2C[C@H](O)[C@@H](COP(=O)(NCc3ccccc3)OCc3cccc(F)c3)O2)cc1F. The lowest BCUT2D eigenvalue weighted by Crippen LogP contribution is -2.34. The van der Waals surface area contributed by atoms with Gasteiger partial charge in [-0.1, -0.05) is 42.5 Å². The summed E-state index contributed by atoms with van der Waals surface area (Å²) in [5.74, 6) is -1.67. The van der Waals surface area contributed by atoms with Gasteiger partial charge in [-0.3, -0.25) is 23.4 Å². The highest BCUT2D eigenvalue weighted by Crippen LogP contribution is 2.46. The molecule has 1 aliphatic heterocycles. The summed E-state index contributed by atoms with van der Waals surface area (Å²) in [6.07, 6.45) is -2.69. The van der Waals surface area contributed by atoms with Gasteiger partial charge in [-0.15, -0.1) is 0 Å². The van der Waals surface area contributed by atoms with Crippen molar-refractivity contribution >= 4 is 7.75 Å². The first-order valence-electron chi connectivity index (χ1n) is 11.0. The molecular formula is C23H24F2N3O7P. The van der Waals surface area contributed by atoms with Crippen molar-refractivity contribution in [1.82, 2.24) is 14.6 Å². The maximum atomic E-state index is 13.7. The van der Waals surface area contributed by atoms with E-state index in [-0.39, 0.29) is 19.6 Å². The topological polar surface area (TPSA) is 132 Å². The highest BCUT2D eigenvalue weighted by Gasteiger charge is 2.38. The Labute approximate surface area is 204 Å². The molecule has 0 saturated carbocycles. The first kappa shape index (κ1) is 26.1. The van der Waals surface area contributed by atoms with E-state index in [9.17, 15) is 28.0 Å². The zero-order valence-corrected chi connectivity index (χ0v) is 19.8. The van der Waals surface area contributed by atoms with E-state index in [0.29, 0.717) is 11.8 Å². The molecule has 2 aromatic carbocycles. The minimum atomic E-state index is -4.00. The van der Waals surface area contributed by atoms with Gasteiger partial charge in [-0.2, -0.15) is 4.39 Å². The largest absolute Gasteiger partial charge is 0.406 e. The second-order valence-corrected chi connectivity index (χ2v) is 9.92. The Morgan fingerprint density at radius 1 is 1.11 bits per heavy atom. The van der Waals surface area contributed by atoms with E-state index in [1.165, 1.54) is 18.2 Å². The number of rotatable bonds is 10. The Morgan fingerprint density at radius 3 is 2.61 bits per heavy atom. The number of aromatic nitrogens is 2. The van der Waals surface area contributed by atoms with E-state index < -0.39 is 55.7 Å². The van der Waals surface area contributed by atoms with Gasteiger partial charge in [-0.05, 0) is 23.3 Å². The third-order valence-corrected chi connectivity index (χ3v) is 6.96. The van der Waals surface area contributed by atoms with E-state index in [2.05, 4.69) is 5.09 Å². The van der Waals surface area contributed by atoms with Gasteiger partial charge in [0.15, 0.2) is 0 Å². The zero-order valence-electron chi connectivity index (χ0n) is 18.9. The van der Waals surface area contributed by atoms with Crippen LogP contribution in [-0.2, 0) is 31.5 Å². The monoisotopic (exact) mass is 523 g/mol. The van der Waals surface area contributed by atoms with Gasteiger partial charge in [-0.25, -0.2) is 18.8 Å². The number of aliphatic hydroxyl groups excluding tert-OH is 1. The predicted molar refractivity (Wildman–Crippen MR) is 124 cm³/mol. The minimum absolute atomic E-state index is 0.106. The molecule has 3 N–H and O–H groups in total. The van der Waals surface area contributed by atoms with Crippen molar-refractivity contribution in [2.75, 3.05) is 6.61 Å². The predicted octanol–water partition coefficient (Wildman–Crippen LogP) is 2.59. The second kappa shape index (κ2) is 11.4. The number of ether oxygens (including phenoxy) is 1. The van der Waals surface area contributed by atoms with E-state index >= 15 is 0 Å². The molecule has 4 atom stereocenters. The molecule has 3 aromatic rings. The summed E-state index contributed by atoms with van der Waals surface area (Å²) < 4.78 is 58.1. The van der Waals surface area contributed by atoms with Gasteiger partial charge < -0.3 is 9.84 Å². The van der Waals surface area contributed by atoms with Crippen molar-refractivity contribution in [2.24, 2.45) is 0 Å². The first-order valence-corrected chi connectivity index (χ1v) is 12.5. The Bertz CT molecular complexity index is 1350. The fraction of sp³-hybridized carbons (Fsp3) is 0.304. The smallest absolute Gasteiger partial charge is 0.390 e. The Balaban J connectivity index is 1.44. The molecule has 36 heavy (non-hydrogen) atoms. The highest BCUT2D eigenvalue weighted by atomic mass is 31.2.